The van der Waals surface area contributed by atoms with Gasteiger partial charge >= 0.3 is 7.12 Å². The van der Waals surface area contributed by atoms with E-state index in [-0.39, 0.29) is 22.5 Å². The SMILES string of the molecule is CN1CCC2(CC1)C(=O)Nc1cc(B3OC(C)(C)C(C)(C)O3)ccc12. The minimum Gasteiger partial charge on any atom is -0.399 e. The van der Waals surface area contributed by atoms with Gasteiger partial charge in [-0.15, -0.1) is 0 Å². The monoisotopic (exact) mass is 342 g/mol. The summed E-state index contributed by atoms with van der Waals surface area (Å²) in [6.07, 6.45) is 1.75. The van der Waals surface area contributed by atoms with Crippen molar-refractivity contribution in [3.63, 3.8) is 0 Å². The Labute approximate surface area is 150 Å². The summed E-state index contributed by atoms with van der Waals surface area (Å²) in [6.45, 7) is 10.1. The van der Waals surface area contributed by atoms with Crippen LogP contribution in [0.5, 0.6) is 0 Å². The maximum atomic E-state index is 12.8. The third kappa shape index (κ3) is 2.46. The summed E-state index contributed by atoms with van der Waals surface area (Å²) < 4.78 is 12.3. The first-order chi connectivity index (χ1) is 11.6. The molecule has 6 heteroatoms. The van der Waals surface area contributed by atoms with E-state index in [1.54, 1.807) is 0 Å². The Morgan fingerprint density at radius 3 is 2.28 bits per heavy atom. The van der Waals surface area contributed by atoms with E-state index in [1.165, 1.54) is 0 Å². The molecule has 0 atom stereocenters. The number of hydrogen-bond acceptors (Lipinski definition) is 4. The van der Waals surface area contributed by atoms with Gasteiger partial charge in [0.05, 0.1) is 16.6 Å². The first kappa shape index (κ1) is 17.1. The van der Waals surface area contributed by atoms with Crippen LogP contribution in [0.1, 0.15) is 46.1 Å². The summed E-state index contributed by atoms with van der Waals surface area (Å²) in [5.41, 5.74) is 1.91. The minimum absolute atomic E-state index is 0.140. The fourth-order valence-electron chi connectivity index (χ4n) is 4.07. The summed E-state index contributed by atoms with van der Waals surface area (Å²) in [6, 6.07) is 6.18. The van der Waals surface area contributed by atoms with E-state index in [2.05, 4.69) is 57.1 Å². The number of carbonyl (C=O) groups is 1. The van der Waals surface area contributed by atoms with Crippen molar-refractivity contribution < 1.29 is 14.1 Å². The third-order valence-corrected chi connectivity index (χ3v) is 6.61. The number of nitrogens with one attached hydrogen (secondary N) is 1. The van der Waals surface area contributed by atoms with E-state index in [4.69, 9.17) is 9.31 Å². The second-order valence-electron chi connectivity index (χ2n) is 8.73. The number of carbonyl (C=O) groups excluding carboxylic acids is 1. The van der Waals surface area contributed by atoms with Gasteiger partial charge in [0.1, 0.15) is 0 Å². The number of hydrogen-bond donors (Lipinski definition) is 1. The van der Waals surface area contributed by atoms with Gasteiger partial charge in [0, 0.05) is 5.69 Å². The highest BCUT2D eigenvalue weighted by molar-refractivity contribution is 6.62. The fourth-order valence-corrected chi connectivity index (χ4v) is 4.07. The molecule has 0 aromatic heterocycles. The number of benzene rings is 1. The molecule has 1 aromatic carbocycles. The second kappa shape index (κ2) is 5.32. The fraction of sp³-hybridized carbons (Fsp3) is 0.632. The molecule has 3 aliphatic heterocycles. The minimum atomic E-state index is -0.402. The Balaban J connectivity index is 1.65. The highest BCUT2D eigenvalue weighted by Crippen LogP contribution is 2.44. The van der Waals surface area contributed by atoms with Crippen LogP contribution < -0.4 is 10.8 Å². The van der Waals surface area contributed by atoms with Crippen LogP contribution in [0.25, 0.3) is 0 Å². The van der Waals surface area contributed by atoms with Crippen molar-refractivity contribution in [2.45, 2.75) is 57.2 Å². The first-order valence-corrected chi connectivity index (χ1v) is 9.15. The molecule has 0 unspecified atom stereocenters. The van der Waals surface area contributed by atoms with Crippen molar-refractivity contribution in [2.24, 2.45) is 0 Å². The summed E-state index contributed by atoms with van der Waals surface area (Å²) in [4.78, 5) is 15.0. The van der Waals surface area contributed by atoms with Gasteiger partial charge in [-0.3, -0.25) is 4.79 Å². The van der Waals surface area contributed by atoms with Crippen molar-refractivity contribution in [1.82, 2.24) is 4.90 Å². The Morgan fingerprint density at radius 2 is 1.68 bits per heavy atom. The Morgan fingerprint density at radius 1 is 1.08 bits per heavy atom. The lowest BCUT2D eigenvalue weighted by molar-refractivity contribution is -0.122. The van der Waals surface area contributed by atoms with Gasteiger partial charge in [-0.25, -0.2) is 0 Å². The lowest BCUT2D eigenvalue weighted by Crippen LogP contribution is -2.45. The van der Waals surface area contributed by atoms with E-state index < -0.39 is 7.12 Å². The number of likely N-dealkylation sites (tertiary alicyclic amines) is 1. The maximum absolute atomic E-state index is 12.8. The maximum Gasteiger partial charge on any atom is 0.494 e. The zero-order valence-electron chi connectivity index (χ0n) is 15.8. The van der Waals surface area contributed by atoms with Gasteiger partial charge in [-0.05, 0) is 77.8 Å². The predicted octanol–water partition coefficient (Wildman–Crippen LogP) is 1.90. The van der Waals surface area contributed by atoms with E-state index in [1.807, 2.05) is 6.07 Å². The van der Waals surface area contributed by atoms with Gasteiger partial charge in [-0.1, -0.05) is 12.1 Å². The standard InChI is InChI=1S/C19H27BN2O3/c1-17(2)18(3,4)25-20(24-17)13-6-7-14-15(12-13)21-16(23)19(14)8-10-22(5)11-9-19/h6-7,12H,8-11H2,1-5H3,(H,21,23). The number of fused-ring (bicyclic) bond motifs is 2. The smallest absolute Gasteiger partial charge is 0.399 e. The number of amides is 1. The molecule has 1 spiro atoms. The van der Waals surface area contributed by atoms with Crippen LogP contribution in [0.3, 0.4) is 0 Å². The van der Waals surface area contributed by atoms with Crippen molar-refractivity contribution in [1.29, 1.82) is 0 Å². The molecular formula is C19H27BN2O3. The molecule has 3 aliphatic rings. The van der Waals surface area contributed by atoms with Gasteiger partial charge in [-0.2, -0.15) is 0 Å². The molecule has 0 radical (unpaired) electrons. The highest BCUT2D eigenvalue weighted by atomic mass is 16.7. The van der Waals surface area contributed by atoms with Gasteiger partial charge < -0.3 is 19.5 Å². The van der Waals surface area contributed by atoms with Crippen molar-refractivity contribution in [3.8, 4) is 0 Å². The van der Waals surface area contributed by atoms with Gasteiger partial charge in [0.2, 0.25) is 5.91 Å². The van der Waals surface area contributed by atoms with Gasteiger partial charge in [0.25, 0.3) is 0 Å². The van der Waals surface area contributed by atoms with Crippen molar-refractivity contribution in [3.05, 3.63) is 23.8 Å². The van der Waals surface area contributed by atoms with Crippen molar-refractivity contribution in [2.75, 3.05) is 25.5 Å². The van der Waals surface area contributed by atoms with Crippen LogP contribution in [0.2, 0.25) is 0 Å². The average Bonchev–Trinajstić information content (AvgIpc) is 2.92. The molecule has 4 rings (SSSR count). The molecule has 134 valence electrons. The largest absolute Gasteiger partial charge is 0.494 e. The first-order valence-electron chi connectivity index (χ1n) is 9.15. The lowest BCUT2D eigenvalue weighted by atomic mass is 9.72. The number of anilines is 1. The topological polar surface area (TPSA) is 50.8 Å². The Kier molecular flexibility index (Phi) is 3.63. The number of piperidine rings is 1. The normalized spacial score (nSPS) is 26.8. The molecule has 2 fully saturated rings. The van der Waals surface area contributed by atoms with Crippen LogP contribution in [0, 0.1) is 0 Å². The van der Waals surface area contributed by atoms with E-state index >= 15 is 0 Å². The average molecular weight is 342 g/mol. The highest BCUT2D eigenvalue weighted by Gasteiger charge is 2.53. The van der Waals surface area contributed by atoms with Crippen molar-refractivity contribution >= 4 is 24.2 Å². The molecule has 5 nitrogen and oxygen atoms in total. The molecule has 25 heavy (non-hydrogen) atoms. The molecule has 3 heterocycles. The molecule has 2 saturated heterocycles. The zero-order valence-corrected chi connectivity index (χ0v) is 15.8. The van der Waals surface area contributed by atoms with E-state index in [0.29, 0.717) is 0 Å². The molecule has 0 saturated carbocycles. The summed E-state index contributed by atoms with van der Waals surface area (Å²) in [5.74, 6) is 0.140. The summed E-state index contributed by atoms with van der Waals surface area (Å²) in [5, 5.41) is 3.11. The molecule has 1 N–H and O–H groups in total. The Bertz CT molecular complexity index is 707. The quantitative estimate of drug-likeness (QED) is 0.792. The summed E-state index contributed by atoms with van der Waals surface area (Å²) >= 11 is 0. The number of rotatable bonds is 1. The zero-order chi connectivity index (χ0) is 18.0. The van der Waals surface area contributed by atoms with Crippen LogP contribution >= 0.6 is 0 Å². The molecular weight excluding hydrogens is 315 g/mol. The van der Waals surface area contributed by atoms with E-state index in [9.17, 15) is 4.79 Å². The van der Waals surface area contributed by atoms with Crippen LogP contribution in [-0.4, -0.2) is 49.3 Å². The molecule has 0 bridgehead atoms. The van der Waals surface area contributed by atoms with E-state index in [0.717, 1.165) is 42.6 Å². The number of nitrogens with zero attached hydrogens (tertiary/aromatic N) is 1. The summed E-state index contributed by atoms with van der Waals surface area (Å²) in [7, 11) is 1.71. The predicted molar refractivity (Wildman–Crippen MR) is 99.2 cm³/mol. The Hall–Kier alpha value is -1.37. The van der Waals surface area contributed by atoms with Crippen LogP contribution in [0.15, 0.2) is 18.2 Å². The van der Waals surface area contributed by atoms with Crippen LogP contribution in [-0.2, 0) is 19.5 Å². The van der Waals surface area contributed by atoms with Gasteiger partial charge in [0.15, 0.2) is 0 Å². The second-order valence-corrected chi connectivity index (χ2v) is 8.73. The third-order valence-electron chi connectivity index (χ3n) is 6.61. The molecule has 0 aliphatic carbocycles. The lowest BCUT2D eigenvalue weighted by Gasteiger charge is -2.36. The molecule has 1 aromatic rings. The van der Waals surface area contributed by atoms with Crippen LogP contribution in [0.4, 0.5) is 5.69 Å². The molecule has 1 amide bonds.